The second-order valence-electron chi connectivity index (χ2n) is 6.33. The lowest BCUT2D eigenvalue weighted by Gasteiger charge is -2.04. The number of anilines is 1. The molecule has 0 radical (unpaired) electrons. The van der Waals surface area contributed by atoms with Gasteiger partial charge in [-0.05, 0) is 48.7 Å². The first-order valence-corrected chi connectivity index (χ1v) is 8.28. The van der Waals surface area contributed by atoms with Gasteiger partial charge in [0.05, 0.1) is 6.61 Å². The number of rotatable bonds is 4. The number of nitrogens with two attached hydrogens (primary N) is 1. The standard InChI is InChI=1S/C20H19N3O3/c1-11-4-5-12(2)18-15(11)9-17(25-18)20-22-19(23-26-20)14-7-6-13(10-24-3)8-16(14)21/h4-9H,10,21H2,1-3H3. The van der Waals surface area contributed by atoms with E-state index in [-0.39, 0.29) is 0 Å². The van der Waals surface area contributed by atoms with Crippen LogP contribution in [0.2, 0.25) is 0 Å². The average Bonchev–Trinajstić information content (AvgIpc) is 3.26. The van der Waals surface area contributed by atoms with E-state index in [2.05, 4.69) is 16.2 Å². The van der Waals surface area contributed by atoms with Crippen LogP contribution < -0.4 is 5.73 Å². The van der Waals surface area contributed by atoms with Crippen molar-refractivity contribution in [3.8, 4) is 23.0 Å². The normalized spacial score (nSPS) is 11.3. The van der Waals surface area contributed by atoms with E-state index in [0.29, 0.717) is 35.3 Å². The molecule has 2 aromatic carbocycles. The number of hydrogen-bond donors (Lipinski definition) is 1. The van der Waals surface area contributed by atoms with Gasteiger partial charge < -0.3 is 19.4 Å². The lowest BCUT2D eigenvalue weighted by Crippen LogP contribution is -1.95. The molecule has 0 atom stereocenters. The number of aromatic nitrogens is 2. The van der Waals surface area contributed by atoms with Gasteiger partial charge in [0, 0.05) is 23.7 Å². The molecule has 0 saturated heterocycles. The molecule has 0 amide bonds. The fourth-order valence-corrected chi connectivity index (χ4v) is 3.00. The van der Waals surface area contributed by atoms with Gasteiger partial charge in [-0.1, -0.05) is 23.4 Å². The summed E-state index contributed by atoms with van der Waals surface area (Å²) in [6.45, 7) is 4.55. The quantitative estimate of drug-likeness (QED) is 0.546. The zero-order valence-electron chi connectivity index (χ0n) is 14.9. The molecule has 0 fully saturated rings. The Morgan fingerprint density at radius 2 is 1.88 bits per heavy atom. The molecular formula is C20H19N3O3. The summed E-state index contributed by atoms with van der Waals surface area (Å²) in [6, 6.07) is 11.7. The maximum absolute atomic E-state index is 6.13. The summed E-state index contributed by atoms with van der Waals surface area (Å²) in [6.07, 6.45) is 0. The fourth-order valence-electron chi connectivity index (χ4n) is 3.00. The molecule has 0 aliphatic carbocycles. The van der Waals surface area contributed by atoms with Gasteiger partial charge in [-0.15, -0.1) is 0 Å². The number of furan rings is 1. The highest BCUT2D eigenvalue weighted by atomic mass is 16.5. The molecule has 0 unspecified atom stereocenters. The zero-order valence-corrected chi connectivity index (χ0v) is 14.9. The second kappa shape index (κ2) is 6.31. The number of methoxy groups -OCH3 is 1. The summed E-state index contributed by atoms with van der Waals surface area (Å²) < 4.78 is 16.5. The number of nitrogen functional groups attached to an aromatic ring is 1. The van der Waals surface area contributed by atoms with Crippen molar-refractivity contribution >= 4 is 16.7 Å². The Labute approximate surface area is 150 Å². The molecule has 0 aliphatic rings. The Balaban J connectivity index is 1.73. The summed E-state index contributed by atoms with van der Waals surface area (Å²) >= 11 is 0. The Bertz CT molecular complexity index is 1060. The molecule has 2 heterocycles. The molecule has 2 aromatic heterocycles. The Morgan fingerprint density at radius 3 is 2.62 bits per heavy atom. The van der Waals surface area contributed by atoms with E-state index in [0.717, 1.165) is 27.7 Å². The van der Waals surface area contributed by atoms with E-state index in [1.165, 1.54) is 0 Å². The van der Waals surface area contributed by atoms with Gasteiger partial charge in [0.15, 0.2) is 5.76 Å². The smallest absolute Gasteiger partial charge is 0.293 e. The number of hydrogen-bond acceptors (Lipinski definition) is 6. The van der Waals surface area contributed by atoms with Gasteiger partial charge in [-0.3, -0.25) is 0 Å². The first kappa shape index (κ1) is 16.4. The molecular weight excluding hydrogens is 330 g/mol. The number of benzene rings is 2. The lowest BCUT2D eigenvalue weighted by molar-refractivity contribution is 0.185. The minimum Gasteiger partial charge on any atom is -0.451 e. The molecule has 4 rings (SSSR count). The van der Waals surface area contributed by atoms with Crippen LogP contribution in [0.5, 0.6) is 0 Å². The Morgan fingerprint density at radius 1 is 1.08 bits per heavy atom. The van der Waals surface area contributed by atoms with E-state index in [9.17, 15) is 0 Å². The van der Waals surface area contributed by atoms with Crippen LogP contribution >= 0.6 is 0 Å². The SMILES string of the molecule is COCc1ccc(-c2noc(-c3cc4c(C)ccc(C)c4o3)n2)c(N)c1. The molecule has 0 bridgehead atoms. The van der Waals surface area contributed by atoms with Crippen LogP contribution in [0, 0.1) is 13.8 Å². The summed E-state index contributed by atoms with van der Waals surface area (Å²) in [5.74, 6) is 1.30. The molecule has 4 aromatic rings. The number of ether oxygens (including phenoxy) is 1. The maximum Gasteiger partial charge on any atom is 0.293 e. The largest absolute Gasteiger partial charge is 0.451 e. The zero-order chi connectivity index (χ0) is 18.3. The molecule has 0 spiro atoms. The van der Waals surface area contributed by atoms with E-state index in [1.807, 2.05) is 44.2 Å². The number of fused-ring (bicyclic) bond motifs is 1. The van der Waals surface area contributed by atoms with Crippen LogP contribution in [0.15, 0.2) is 45.3 Å². The van der Waals surface area contributed by atoms with Gasteiger partial charge in [0.2, 0.25) is 5.82 Å². The third kappa shape index (κ3) is 2.74. The summed E-state index contributed by atoms with van der Waals surface area (Å²) in [5, 5.41) is 5.10. The average molecular weight is 349 g/mol. The predicted molar refractivity (Wildman–Crippen MR) is 99.5 cm³/mol. The monoisotopic (exact) mass is 349 g/mol. The van der Waals surface area contributed by atoms with Crippen LogP contribution in [0.1, 0.15) is 16.7 Å². The summed E-state index contributed by atoms with van der Waals surface area (Å²) in [5.41, 5.74) is 11.4. The van der Waals surface area contributed by atoms with E-state index < -0.39 is 0 Å². The highest BCUT2D eigenvalue weighted by molar-refractivity contribution is 5.87. The Kier molecular flexibility index (Phi) is 3.97. The third-order valence-corrected chi connectivity index (χ3v) is 4.40. The molecule has 0 saturated carbocycles. The first-order chi connectivity index (χ1) is 12.6. The predicted octanol–water partition coefficient (Wildman–Crippen LogP) is 4.50. The van der Waals surface area contributed by atoms with E-state index in [4.69, 9.17) is 19.4 Å². The molecule has 0 aliphatic heterocycles. The van der Waals surface area contributed by atoms with Crippen molar-refractivity contribution in [3.05, 3.63) is 53.1 Å². The van der Waals surface area contributed by atoms with Crippen molar-refractivity contribution in [2.75, 3.05) is 12.8 Å². The minimum atomic E-state index is 0.329. The first-order valence-electron chi connectivity index (χ1n) is 8.28. The van der Waals surface area contributed by atoms with Crippen molar-refractivity contribution in [2.45, 2.75) is 20.5 Å². The van der Waals surface area contributed by atoms with Gasteiger partial charge in [0.25, 0.3) is 5.89 Å². The topological polar surface area (TPSA) is 87.3 Å². The van der Waals surface area contributed by atoms with Crippen LogP contribution in [-0.2, 0) is 11.3 Å². The molecule has 2 N–H and O–H groups in total. The van der Waals surface area contributed by atoms with Crippen molar-refractivity contribution in [1.29, 1.82) is 0 Å². The van der Waals surface area contributed by atoms with Crippen molar-refractivity contribution in [1.82, 2.24) is 10.1 Å². The van der Waals surface area contributed by atoms with Crippen LogP contribution in [-0.4, -0.2) is 17.3 Å². The summed E-state index contributed by atoms with van der Waals surface area (Å²) in [7, 11) is 1.65. The maximum atomic E-state index is 6.13. The van der Waals surface area contributed by atoms with Gasteiger partial charge >= 0.3 is 0 Å². The minimum absolute atomic E-state index is 0.329. The van der Waals surface area contributed by atoms with Crippen LogP contribution in [0.3, 0.4) is 0 Å². The van der Waals surface area contributed by atoms with Gasteiger partial charge in [-0.25, -0.2) is 0 Å². The van der Waals surface area contributed by atoms with Gasteiger partial charge in [-0.2, -0.15) is 4.98 Å². The number of aryl methyl sites for hydroxylation is 2. The third-order valence-electron chi connectivity index (χ3n) is 4.40. The summed E-state index contributed by atoms with van der Waals surface area (Å²) in [4.78, 5) is 4.46. The number of nitrogens with zero attached hydrogens (tertiary/aromatic N) is 2. The van der Waals surface area contributed by atoms with Gasteiger partial charge in [0.1, 0.15) is 5.58 Å². The van der Waals surface area contributed by atoms with Crippen molar-refractivity contribution < 1.29 is 13.7 Å². The molecule has 6 nitrogen and oxygen atoms in total. The van der Waals surface area contributed by atoms with Crippen LogP contribution in [0.4, 0.5) is 5.69 Å². The van der Waals surface area contributed by atoms with E-state index >= 15 is 0 Å². The van der Waals surface area contributed by atoms with Crippen LogP contribution in [0.25, 0.3) is 34.0 Å². The lowest BCUT2D eigenvalue weighted by atomic mass is 10.1. The molecule has 6 heteroatoms. The highest BCUT2D eigenvalue weighted by Crippen LogP contribution is 2.32. The highest BCUT2D eigenvalue weighted by Gasteiger charge is 2.18. The molecule has 26 heavy (non-hydrogen) atoms. The Hall–Kier alpha value is -3.12. The second-order valence-corrected chi connectivity index (χ2v) is 6.33. The molecule has 132 valence electrons. The fraction of sp³-hybridized carbons (Fsp3) is 0.200. The van der Waals surface area contributed by atoms with E-state index in [1.54, 1.807) is 7.11 Å². The van der Waals surface area contributed by atoms with Crippen molar-refractivity contribution in [3.63, 3.8) is 0 Å². The van der Waals surface area contributed by atoms with Crippen molar-refractivity contribution in [2.24, 2.45) is 0 Å².